The minimum absolute atomic E-state index is 0.0761. The molecule has 0 radical (unpaired) electrons. The topological polar surface area (TPSA) is 105 Å². The van der Waals surface area contributed by atoms with E-state index in [4.69, 9.17) is 16.6 Å². The number of anilines is 1. The Bertz CT molecular complexity index is 926. The van der Waals surface area contributed by atoms with Gasteiger partial charge in [-0.05, 0) is 0 Å². The van der Waals surface area contributed by atoms with Crippen LogP contribution in [0.5, 0.6) is 0 Å². The Kier molecular flexibility index (Phi) is 10.7. The van der Waals surface area contributed by atoms with Gasteiger partial charge in [0.1, 0.15) is 0 Å². The van der Waals surface area contributed by atoms with Crippen LogP contribution in [0.15, 0.2) is 18.6 Å². The summed E-state index contributed by atoms with van der Waals surface area (Å²) in [6, 6.07) is 1.92. The maximum absolute atomic E-state index is 10.2. The average Bonchev–Trinajstić information content (AvgIpc) is 3.56. The molecule has 0 amide bonds. The number of nitrogens with zero attached hydrogens (tertiary/aromatic N) is 3. The Labute approximate surface area is 221 Å². The first kappa shape index (κ1) is 28.1. The summed E-state index contributed by atoms with van der Waals surface area (Å²) in [4.78, 5) is 8.58. The fourth-order valence-corrected chi connectivity index (χ4v) is 16.9. The van der Waals surface area contributed by atoms with Crippen LogP contribution in [0.3, 0.4) is 0 Å². The SMILES string of the molecule is CCCCCCC[CH2][Sn]1([CH2]CCCCCCC)[O][C@@H]2[C@H]([O]1)[C@H](CO)O[C@H]2n1ccc2c(N)ncnc21. The number of unbranched alkanes of at least 4 members (excludes halogenated alkanes) is 10. The minimum atomic E-state index is -3.34. The van der Waals surface area contributed by atoms with E-state index in [-0.39, 0.29) is 31.1 Å². The summed E-state index contributed by atoms with van der Waals surface area (Å²) >= 11 is -3.34. The molecule has 0 aliphatic carbocycles. The van der Waals surface area contributed by atoms with Gasteiger partial charge in [0.2, 0.25) is 0 Å². The van der Waals surface area contributed by atoms with Crippen LogP contribution in [0.1, 0.15) is 97.1 Å². The number of aromatic nitrogens is 3. The predicted octanol–water partition coefficient (Wildman–Crippen LogP) is 5.85. The second kappa shape index (κ2) is 13.7. The zero-order chi connectivity index (χ0) is 25.4. The Morgan fingerprint density at radius 2 is 1.50 bits per heavy atom. The van der Waals surface area contributed by atoms with Crippen LogP contribution < -0.4 is 5.73 Å². The predicted molar refractivity (Wildman–Crippen MR) is 145 cm³/mol. The van der Waals surface area contributed by atoms with Crippen LogP contribution in [0.4, 0.5) is 5.82 Å². The summed E-state index contributed by atoms with van der Waals surface area (Å²) in [6.07, 6.45) is 17.5. The van der Waals surface area contributed by atoms with Crippen LogP contribution in [0, 0.1) is 0 Å². The number of fused-ring (bicyclic) bond motifs is 2. The number of nitrogens with two attached hydrogens (primary N) is 1. The molecule has 0 aromatic carbocycles. The van der Waals surface area contributed by atoms with Gasteiger partial charge in [0, 0.05) is 0 Å². The number of rotatable bonds is 16. The fourth-order valence-electron chi connectivity index (χ4n) is 5.78. The van der Waals surface area contributed by atoms with Crippen LogP contribution in [0.25, 0.3) is 11.0 Å². The molecule has 2 aromatic rings. The third-order valence-electron chi connectivity index (χ3n) is 7.80. The zero-order valence-electron chi connectivity index (χ0n) is 22.2. The van der Waals surface area contributed by atoms with Gasteiger partial charge in [-0.25, -0.2) is 0 Å². The van der Waals surface area contributed by atoms with Crippen molar-refractivity contribution in [2.75, 3.05) is 12.3 Å². The number of hydrogen-bond donors (Lipinski definition) is 2. The molecule has 2 fully saturated rings. The fraction of sp³-hybridized carbons (Fsp3) is 0.778. The van der Waals surface area contributed by atoms with Gasteiger partial charge in [0.15, 0.2) is 0 Å². The molecule has 2 aromatic heterocycles. The molecule has 8 nitrogen and oxygen atoms in total. The Morgan fingerprint density at radius 1 is 0.889 bits per heavy atom. The summed E-state index contributed by atoms with van der Waals surface area (Å²) in [6.45, 7) is 4.44. The van der Waals surface area contributed by atoms with E-state index in [9.17, 15) is 5.11 Å². The summed E-state index contributed by atoms with van der Waals surface area (Å²) < 4.78 is 24.4. The van der Waals surface area contributed by atoms with Gasteiger partial charge >= 0.3 is 222 Å². The van der Waals surface area contributed by atoms with Crippen molar-refractivity contribution in [1.82, 2.24) is 14.5 Å². The van der Waals surface area contributed by atoms with E-state index in [1.807, 2.05) is 16.8 Å². The summed E-state index contributed by atoms with van der Waals surface area (Å²) in [7, 11) is 0. The van der Waals surface area contributed by atoms with Crippen molar-refractivity contribution >= 4 is 36.1 Å². The molecule has 2 saturated heterocycles. The first-order chi connectivity index (χ1) is 17.6. The van der Waals surface area contributed by atoms with Gasteiger partial charge in [0.05, 0.1) is 0 Å². The summed E-state index contributed by atoms with van der Waals surface area (Å²) in [5.74, 6) is 0.454. The van der Waals surface area contributed by atoms with Crippen LogP contribution in [0.2, 0.25) is 8.87 Å². The molecule has 9 heteroatoms. The van der Waals surface area contributed by atoms with E-state index in [0.717, 1.165) is 19.9 Å². The number of hydrogen-bond acceptors (Lipinski definition) is 7. The normalized spacial score (nSPS) is 25.1. The van der Waals surface area contributed by atoms with Crippen LogP contribution in [-0.4, -0.2) is 63.8 Å². The number of nitrogen functional groups attached to an aromatic ring is 1. The monoisotopic (exact) mass is 610 g/mol. The summed E-state index contributed by atoms with van der Waals surface area (Å²) in [5.41, 5.74) is 6.81. The molecule has 4 atom stereocenters. The molecule has 4 rings (SSSR count). The van der Waals surface area contributed by atoms with Crippen molar-refractivity contribution < 1.29 is 16.0 Å². The van der Waals surface area contributed by atoms with Crippen molar-refractivity contribution in [2.24, 2.45) is 0 Å². The first-order valence-electron chi connectivity index (χ1n) is 14.3. The van der Waals surface area contributed by atoms with Gasteiger partial charge < -0.3 is 0 Å². The maximum atomic E-state index is 10.2. The van der Waals surface area contributed by atoms with Crippen molar-refractivity contribution in [3.05, 3.63) is 18.6 Å². The molecule has 0 spiro atoms. The second-order valence-corrected chi connectivity index (χ2v) is 20.0. The van der Waals surface area contributed by atoms with Gasteiger partial charge in [-0.15, -0.1) is 0 Å². The average molecular weight is 609 g/mol. The zero-order valence-corrected chi connectivity index (χ0v) is 25.1. The molecular formula is C27H46N4O4Sn. The molecule has 2 aliphatic heterocycles. The van der Waals surface area contributed by atoms with Crippen LogP contribution in [-0.2, 0) is 10.9 Å². The standard InChI is InChI=1S/C11H12N4O4.2C8H17.Sn/c12-9-5-1-2-15(10(5)14-4-13-9)11-8(18)7(17)6(3-16)19-11;2*1-3-5-7-8-6-4-2;/h1-2,4,6-8,11,16H,3H2,(H2,12,13,14);2*1,3-8H2,2H3;/q-2;;;+2/t6-,7+,8+,11+;;;/m0.../s1. The third-order valence-corrected chi connectivity index (χ3v) is 18.2. The molecule has 3 N–H and O–H groups in total. The number of aliphatic hydroxyl groups excluding tert-OH is 1. The Hall–Kier alpha value is -0.941. The van der Waals surface area contributed by atoms with E-state index in [1.165, 1.54) is 83.4 Å². The quantitative estimate of drug-likeness (QED) is 0.182. The van der Waals surface area contributed by atoms with Crippen molar-refractivity contribution in [3.63, 3.8) is 0 Å². The molecular weight excluding hydrogens is 563 g/mol. The molecule has 202 valence electrons. The molecule has 0 saturated carbocycles. The molecule has 4 heterocycles. The summed E-state index contributed by atoms with van der Waals surface area (Å²) in [5, 5.41) is 11.0. The van der Waals surface area contributed by atoms with E-state index in [1.54, 1.807) is 0 Å². The number of aliphatic hydroxyl groups is 1. The Balaban J connectivity index is 1.47. The van der Waals surface area contributed by atoms with E-state index in [0.29, 0.717) is 5.82 Å². The van der Waals surface area contributed by atoms with Gasteiger partial charge in [-0.1, -0.05) is 0 Å². The van der Waals surface area contributed by atoms with Crippen molar-refractivity contribution in [2.45, 2.75) is 124 Å². The van der Waals surface area contributed by atoms with E-state index >= 15 is 0 Å². The van der Waals surface area contributed by atoms with Crippen molar-refractivity contribution in [1.29, 1.82) is 0 Å². The van der Waals surface area contributed by atoms with Gasteiger partial charge in [0.25, 0.3) is 0 Å². The second-order valence-electron chi connectivity index (χ2n) is 10.6. The van der Waals surface area contributed by atoms with Gasteiger partial charge in [-0.3, -0.25) is 0 Å². The van der Waals surface area contributed by atoms with E-state index in [2.05, 4.69) is 23.8 Å². The van der Waals surface area contributed by atoms with Crippen molar-refractivity contribution in [3.8, 4) is 0 Å². The third kappa shape index (κ3) is 6.54. The van der Waals surface area contributed by atoms with Gasteiger partial charge in [-0.2, -0.15) is 0 Å². The first-order valence-corrected chi connectivity index (χ1v) is 20.7. The Morgan fingerprint density at radius 3 is 2.14 bits per heavy atom. The molecule has 0 unspecified atom stereocenters. The molecule has 36 heavy (non-hydrogen) atoms. The molecule has 2 aliphatic rings. The van der Waals surface area contributed by atoms with Crippen LogP contribution >= 0.6 is 0 Å². The number of ether oxygens (including phenoxy) is 1. The molecule has 0 bridgehead atoms. The van der Waals surface area contributed by atoms with E-state index < -0.39 is 19.2 Å².